The van der Waals surface area contributed by atoms with Gasteiger partial charge in [-0.05, 0) is 29.7 Å². The molecule has 14 heavy (non-hydrogen) atoms. The Morgan fingerprint density at radius 3 is 3.29 bits per heavy atom. The molecule has 1 aliphatic heterocycles. The summed E-state index contributed by atoms with van der Waals surface area (Å²) in [7, 11) is 1.76. The molecule has 1 aliphatic rings. The van der Waals surface area contributed by atoms with Gasteiger partial charge in [0.25, 0.3) is 0 Å². The van der Waals surface area contributed by atoms with Crippen LogP contribution in [0.5, 0.6) is 0 Å². The average molecular weight is 190 g/mol. The van der Waals surface area contributed by atoms with E-state index in [1.807, 2.05) is 6.07 Å². The van der Waals surface area contributed by atoms with Gasteiger partial charge in [-0.25, -0.2) is 0 Å². The van der Waals surface area contributed by atoms with Crippen LogP contribution in [0.2, 0.25) is 0 Å². The molecule has 2 heteroatoms. The van der Waals surface area contributed by atoms with Gasteiger partial charge in [-0.2, -0.15) is 0 Å². The predicted octanol–water partition coefficient (Wildman–Crippen LogP) is 1.49. The Morgan fingerprint density at radius 2 is 2.43 bits per heavy atom. The number of methoxy groups -OCH3 is 1. The van der Waals surface area contributed by atoms with Crippen LogP contribution in [-0.4, -0.2) is 31.7 Å². The molecule has 1 aromatic rings. The molecule has 1 radical (unpaired) electrons. The van der Waals surface area contributed by atoms with Crippen molar-refractivity contribution in [3.05, 3.63) is 35.4 Å². The molecule has 1 heterocycles. The van der Waals surface area contributed by atoms with E-state index in [0.29, 0.717) is 0 Å². The SMILES string of the molecule is COCCN1CCc2cc[c]cc2C1. The largest absolute Gasteiger partial charge is 0.383 e. The van der Waals surface area contributed by atoms with Crippen molar-refractivity contribution in [2.75, 3.05) is 26.8 Å². The van der Waals surface area contributed by atoms with Crippen molar-refractivity contribution in [1.82, 2.24) is 4.90 Å². The lowest BCUT2D eigenvalue weighted by Gasteiger charge is -2.28. The van der Waals surface area contributed by atoms with E-state index in [9.17, 15) is 0 Å². The minimum atomic E-state index is 0.825. The van der Waals surface area contributed by atoms with Gasteiger partial charge in [0.15, 0.2) is 0 Å². The standard InChI is InChI=1S/C12H16NO/c1-14-9-8-13-7-6-11-4-2-3-5-12(11)10-13/h2,4-5H,6-10H2,1H3. The maximum Gasteiger partial charge on any atom is 0.0589 e. The number of nitrogens with zero attached hydrogens (tertiary/aromatic N) is 1. The highest BCUT2D eigenvalue weighted by molar-refractivity contribution is 5.28. The molecular formula is C12H16NO. The predicted molar refractivity (Wildman–Crippen MR) is 56.1 cm³/mol. The molecule has 0 aliphatic carbocycles. The molecule has 0 bridgehead atoms. The molecule has 0 saturated heterocycles. The van der Waals surface area contributed by atoms with Crippen LogP contribution in [0.4, 0.5) is 0 Å². The van der Waals surface area contributed by atoms with Crippen LogP contribution in [0.3, 0.4) is 0 Å². The lowest BCUT2D eigenvalue weighted by Crippen LogP contribution is -2.33. The van der Waals surface area contributed by atoms with Crippen molar-refractivity contribution in [2.24, 2.45) is 0 Å². The van der Waals surface area contributed by atoms with Crippen LogP contribution in [0.1, 0.15) is 11.1 Å². The van der Waals surface area contributed by atoms with Crippen LogP contribution in [0, 0.1) is 6.07 Å². The number of ether oxygens (including phenoxy) is 1. The van der Waals surface area contributed by atoms with E-state index >= 15 is 0 Å². The molecule has 0 aromatic heterocycles. The van der Waals surface area contributed by atoms with Crippen LogP contribution in [-0.2, 0) is 17.7 Å². The van der Waals surface area contributed by atoms with Gasteiger partial charge in [0.2, 0.25) is 0 Å². The van der Waals surface area contributed by atoms with Crippen molar-refractivity contribution in [2.45, 2.75) is 13.0 Å². The fraction of sp³-hybridized carbons (Fsp3) is 0.500. The number of rotatable bonds is 3. The van der Waals surface area contributed by atoms with Gasteiger partial charge in [-0.15, -0.1) is 0 Å². The lowest BCUT2D eigenvalue weighted by atomic mass is 10.0. The molecule has 0 unspecified atom stereocenters. The zero-order valence-corrected chi connectivity index (χ0v) is 8.62. The van der Waals surface area contributed by atoms with Crippen molar-refractivity contribution in [1.29, 1.82) is 0 Å². The molecule has 0 spiro atoms. The third-order valence-electron chi connectivity index (χ3n) is 2.75. The summed E-state index contributed by atoms with van der Waals surface area (Å²) >= 11 is 0. The monoisotopic (exact) mass is 190 g/mol. The molecule has 1 aromatic carbocycles. The highest BCUT2D eigenvalue weighted by Gasteiger charge is 2.14. The van der Waals surface area contributed by atoms with Crippen molar-refractivity contribution < 1.29 is 4.74 Å². The van der Waals surface area contributed by atoms with E-state index in [-0.39, 0.29) is 0 Å². The smallest absolute Gasteiger partial charge is 0.0589 e. The maximum absolute atomic E-state index is 5.08. The Kier molecular flexibility index (Phi) is 3.17. The first-order valence-electron chi connectivity index (χ1n) is 5.09. The van der Waals surface area contributed by atoms with Gasteiger partial charge in [-0.1, -0.05) is 12.1 Å². The Bertz CT molecular complexity index is 298. The van der Waals surface area contributed by atoms with Crippen LogP contribution < -0.4 is 0 Å². The Hall–Kier alpha value is -0.860. The lowest BCUT2D eigenvalue weighted by molar-refractivity contribution is 0.141. The molecular weight excluding hydrogens is 174 g/mol. The molecule has 0 atom stereocenters. The molecule has 0 amide bonds. The number of hydrogen-bond acceptors (Lipinski definition) is 2. The Labute approximate surface area is 85.5 Å². The zero-order chi connectivity index (χ0) is 9.80. The normalized spacial score (nSPS) is 16.6. The van der Waals surface area contributed by atoms with E-state index in [1.54, 1.807) is 7.11 Å². The van der Waals surface area contributed by atoms with Gasteiger partial charge in [0.1, 0.15) is 0 Å². The van der Waals surface area contributed by atoms with E-state index in [2.05, 4.69) is 23.1 Å². The van der Waals surface area contributed by atoms with E-state index < -0.39 is 0 Å². The molecule has 0 N–H and O–H groups in total. The van der Waals surface area contributed by atoms with E-state index in [1.165, 1.54) is 11.1 Å². The average Bonchev–Trinajstić information content (AvgIpc) is 2.26. The first kappa shape index (κ1) is 9.69. The zero-order valence-electron chi connectivity index (χ0n) is 8.62. The fourth-order valence-corrected chi connectivity index (χ4v) is 1.90. The summed E-state index contributed by atoms with van der Waals surface area (Å²) < 4.78 is 5.08. The topological polar surface area (TPSA) is 12.5 Å². The highest BCUT2D eigenvalue weighted by Crippen LogP contribution is 2.17. The summed E-state index contributed by atoms with van der Waals surface area (Å²) in [6.45, 7) is 4.06. The molecule has 0 saturated carbocycles. The summed E-state index contributed by atoms with van der Waals surface area (Å²) in [5.74, 6) is 0. The second kappa shape index (κ2) is 4.58. The molecule has 2 nitrogen and oxygen atoms in total. The summed E-state index contributed by atoms with van der Waals surface area (Å²) in [4.78, 5) is 2.43. The van der Waals surface area contributed by atoms with Crippen LogP contribution in [0.25, 0.3) is 0 Å². The van der Waals surface area contributed by atoms with Gasteiger partial charge < -0.3 is 4.74 Å². The fourth-order valence-electron chi connectivity index (χ4n) is 1.90. The van der Waals surface area contributed by atoms with Crippen LogP contribution >= 0.6 is 0 Å². The summed E-state index contributed by atoms with van der Waals surface area (Å²) in [5.41, 5.74) is 2.91. The first-order valence-corrected chi connectivity index (χ1v) is 5.09. The number of fused-ring (bicyclic) bond motifs is 1. The summed E-state index contributed by atoms with van der Waals surface area (Å²) in [6.07, 6.45) is 1.16. The van der Waals surface area contributed by atoms with Crippen molar-refractivity contribution in [3.8, 4) is 0 Å². The van der Waals surface area contributed by atoms with Gasteiger partial charge in [0.05, 0.1) is 6.61 Å². The minimum Gasteiger partial charge on any atom is -0.383 e. The summed E-state index contributed by atoms with van der Waals surface area (Å²) in [5, 5.41) is 0. The van der Waals surface area contributed by atoms with Crippen molar-refractivity contribution >= 4 is 0 Å². The molecule has 2 rings (SSSR count). The maximum atomic E-state index is 5.08. The van der Waals surface area contributed by atoms with Crippen molar-refractivity contribution in [3.63, 3.8) is 0 Å². The van der Waals surface area contributed by atoms with E-state index in [0.717, 1.165) is 32.7 Å². The molecule has 75 valence electrons. The molecule has 0 fully saturated rings. The van der Waals surface area contributed by atoms with Gasteiger partial charge in [0, 0.05) is 26.7 Å². The Balaban J connectivity index is 1.99. The van der Waals surface area contributed by atoms with Gasteiger partial charge >= 0.3 is 0 Å². The second-order valence-corrected chi connectivity index (χ2v) is 3.71. The minimum absolute atomic E-state index is 0.825. The van der Waals surface area contributed by atoms with E-state index in [4.69, 9.17) is 4.74 Å². The summed E-state index contributed by atoms with van der Waals surface area (Å²) in [6, 6.07) is 9.43. The third kappa shape index (κ3) is 2.14. The number of benzene rings is 1. The van der Waals surface area contributed by atoms with Crippen LogP contribution in [0.15, 0.2) is 18.2 Å². The first-order chi connectivity index (χ1) is 6.90. The highest BCUT2D eigenvalue weighted by atomic mass is 16.5. The van der Waals surface area contributed by atoms with Gasteiger partial charge in [-0.3, -0.25) is 4.90 Å². The third-order valence-corrected chi connectivity index (χ3v) is 2.75. The second-order valence-electron chi connectivity index (χ2n) is 3.71. The number of hydrogen-bond donors (Lipinski definition) is 0. The Morgan fingerprint density at radius 1 is 1.50 bits per heavy atom. The quantitative estimate of drug-likeness (QED) is 0.716.